The standard InChI is InChI=1S/C12H17FN2.C2H6/c1-9(2)10-6-15(7-10)8-12-4-3-11(13)5-14-12;1-2/h3-5,9-10H,6-8H2,1-2H3;1-2H3. The molecule has 1 aromatic heterocycles. The molecule has 1 saturated heterocycles. The highest BCUT2D eigenvalue weighted by Crippen LogP contribution is 2.24. The van der Waals surface area contributed by atoms with Gasteiger partial charge in [0.1, 0.15) is 5.82 Å². The van der Waals surface area contributed by atoms with E-state index in [1.54, 1.807) is 6.07 Å². The number of halogens is 1. The van der Waals surface area contributed by atoms with Crippen LogP contribution in [0, 0.1) is 17.7 Å². The molecule has 0 N–H and O–H groups in total. The highest BCUT2D eigenvalue weighted by atomic mass is 19.1. The second kappa shape index (κ2) is 6.70. The molecule has 1 aliphatic heterocycles. The number of rotatable bonds is 3. The maximum Gasteiger partial charge on any atom is 0.141 e. The van der Waals surface area contributed by atoms with Crippen LogP contribution in [-0.4, -0.2) is 23.0 Å². The van der Waals surface area contributed by atoms with Crippen LogP contribution in [-0.2, 0) is 6.54 Å². The van der Waals surface area contributed by atoms with Crippen LogP contribution in [0.1, 0.15) is 33.4 Å². The van der Waals surface area contributed by atoms with E-state index in [9.17, 15) is 4.39 Å². The average molecular weight is 238 g/mol. The number of aromatic nitrogens is 1. The lowest BCUT2D eigenvalue weighted by Gasteiger charge is -2.41. The van der Waals surface area contributed by atoms with Gasteiger partial charge in [-0.05, 0) is 24.0 Å². The third-order valence-electron chi connectivity index (χ3n) is 3.10. The SMILES string of the molecule is CC.CC(C)C1CN(Cc2ccc(F)cn2)C1. The number of nitrogens with zero attached hydrogens (tertiary/aromatic N) is 2. The molecule has 3 heteroatoms. The van der Waals surface area contributed by atoms with Crippen LogP contribution in [0.3, 0.4) is 0 Å². The minimum absolute atomic E-state index is 0.262. The molecule has 0 aromatic carbocycles. The lowest BCUT2D eigenvalue weighted by Crippen LogP contribution is -2.48. The minimum atomic E-state index is -0.262. The van der Waals surface area contributed by atoms with Crippen molar-refractivity contribution < 1.29 is 4.39 Å². The predicted molar refractivity (Wildman–Crippen MR) is 69.1 cm³/mol. The second-order valence-electron chi connectivity index (χ2n) is 4.67. The fourth-order valence-electron chi connectivity index (χ4n) is 1.89. The molecule has 2 nitrogen and oxygen atoms in total. The van der Waals surface area contributed by atoms with E-state index >= 15 is 0 Å². The smallest absolute Gasteiger partial charge is 0.141 e. The first-order valence-electron chi connectivity index (χ1n) is 6.48. The Labute approximate surface area is 104 Å². The first-order valence-corrected chi connectivity index (χ1v) is 6.48. The van der Waals surface area contributed by atoms with Crippen LogP contribution in [0.5, 0.6) is 0 Å². The van der Waals surface area contributed by atoms with Crippen molar-refractivity contribution in [1.82, 2.24) is 9.88 Å². The number of hydrogen-bond acceptors (Lipinski definition) is 2. The molecule has 17 heavy (non-hydrogen) atoms. The molecule has 1 aliphatic rings. The van der Waals surface area contributed by atoms with E-state index in [2.05, 4.69) is 23.7 Å². The number of likely N-dealkylation sites (tertiary alicyclic amines) is 1. The molecule has 96 valence electrons. The van der Waals surface area contributed by atoms with Gasteiger partial charge in [-0.3, -0.25) is 9.88 Å². The zero-order valence-electron chi connectivity index (χ0n) is 11.3. The quantitative estimate of drug-likeness (QED) is 0.803. The van der Waals surface area contributed by atoms with E-state index in [0.717, 1.165) is 37.2 Å². The molecule has 1 aromatic rings. The van der Waals surface area contributed by atoms with Gasteiger partial charge in [0, 0.05) is 19.6 Å². The van der Waals surface area contributed by atoms with E-state index < -0.39 is 0 Å². The van der Waals surface area contributed by atoms with Crippen molar-refractivity contribution in [3.8, 4) is 0 Å². The summed E-state index contributed by atoms with van der Waals surface area (Å²) in [7, 11) is 0. The van der Waals surface area contributed by atoms with E-state index in [0.29, 0.717) is 0 Å². The average Bonchev–Trinajstić information content (AvgIpc) is 2.27. The van der Waals surface area contributed by atoms with Crippen molar-refractivity contribution in [2.45, 2.75) is 34.2 Å². The van der Waals surface area contributed by atoms with Crippen LogP contribution >= 0.6 is 0 Å². The monoisotopic (exact) mass is 238 g/mol. The fourth-order valence-corrected chi connectivity index (χ4v) is 1.89. The first kappa shape index (κ1) is 14.1. The van der Waals surface area contributed by atoms with E-state index in [4.69, 9.17) is 0 Å². The largest absolute Gasteiger partial charge is 0.297 e. The van der Waals surface area contributed by atoms with Gasteiger partial charge in [-0.25, -0.2) is 4.39 Å². The Hall–Kier alpha value is -0.960. The molecule has 1 fully saturated rings. The minimum Gasteiger partial charge on any atom is -0.297 e. The fraction of sp³-hybridized carbons (Fsp3) is 0.643. The van der Waals surface area contributed by atoms with Crippen LogP contribution < -0.4 is 0 Å². The third kappa shape index (κ3) is 4.08. The van der Waals surface area contributed by atoms with Crippen molar-refractivity contribution in [2.75, 3.05) is 13.1 Å². The van der Waals surface area contributed by atoms with Gasteiger partial charge >= 0.3 is 0 Å². The molecular formula is C14H23FN2. The van der Waals surface area contributed by atoms with Crippen molar-refractivity contribution in [2.24, 2.45) is 11.8 Å². The van der Waals surface area contributed by atoms with Crippen LogP contribution in [0.15, 0.2) is 18.3 Å². The highest BCUT2D eigenvalue weighted by molar-refractivity contribution is 5.05. The van der Waals surface area contributed by atoms with E-state index in [-0.39, 0.29) is 5.82 Å². The predicted octanol–water partition coefficient (Wildman–Crippen LogP) is 3.33. The topological polar surface area (TPSA) is 16.1 Å². The molecule has 0 unspecified atom stereocenters. The van der Waals surface area contributed by atoms with E-state index in [1.807, 2.05) is 13.8 Å². The summed E-state index contributed by atoms with van der Waals surface area (Å²) in [5, 5.41) is 0. The Balaban J connectivity index is 0.000000686. The summed E-state index contributed by atoms with van der Waals surface area (Å²) in [4.78, 5) is 6.41. The normalized spacial score (nSPS) is 16.4. The maximum absolute atomic E-state index is 12.6. The summed E-state index contributed by atoms with van der Waals surface area (Å²) in [5.41, 5.74) is 0.957. The molecule has 0 amide bonds. The van der Waals surface area contributed by atoms with Crippen LogP contribution in [0.25, 0.3) is 0 Å². The van der Waals surface area contributed by atoms with Crippen molar-refractivity contribution >= 4 is 0 Å². The van der Waals surface area contributed by atoms with Gasteiger partial charge in [-0.15, -0.1) is 0 Å². The van der Waals surface area contributed by atoms with Gasteiger partial charge in [0.25, 0.3) is 0 Å². The molecule has 2 rings (SSSR count). The van der Waals surface area contributed by atoms with Gasteiger partial charge in [0.2, 0.25) is 0 Å². The van der Waals surface area contributed by atoms with E-state index in [1.165, 1.54) is 12.3 Å². The number of hydrogen-bond donors (Lipinski definition) is 0. The van der Waals surface area contributed by atoms with Crippen LogP contribution in [0.4, 0.5) is 4.39 Å². The van der Waals surface area contributed by atoms with Gasteiger partial charge in [0.05, 0.1) is 11.9 Å². The molecule has 0 radical (unpaired) electrons. The molecular weight excluding hydrogens is 215 g/mol. The summed E-state index contributed by atoms with van der Waals surface area (Å²) >= 11 is 0. The third-order valence-corrected chi connectivity index (χ3v) is 3.10. The highest BCUT2D eigenvalue weighted by Gasteiger charge is 2.28. The van der Waals surface area contributed by atoms with Crippen LogP contribution in [0.2, 0.25) is 0 Å². The Morgan fingerprint density at radius 2 is 2.00 bits per heavy atom. The lowest BCUT2D eigenvalue weighted by atomic mass is 9.88. The molecule has 0 bridgehead atoms. The van der Waals surface area contributed by atoms with Crippen molar-refractivity contribution in [3.05, 3.63) is 29.8 Å². The zero-order valence-corrected chi connectivity index (χ0v) is 11.3. The summed E-state index contributed by atoms with van der Waals surface area (Å²) in [6.45, 7) is 11.7. The molecule has 0 aliphatic carbocycles. The molecule has 0 spiro atoms. The number of pyridine rings is 1. The Morgan fingerprint density at radius 3 is 2.47 bits per heavy atom. The van der Waals surface area contributed by atoms with Gasteiger partial charge in [-0.2, -0.15) is 0 Å². The summed E-state index contributed by atoms with van der Waals surface area (Å²) in [5.74, 6) is 1.33. The lowest BCUT2D eigenvalue weighted by molar-refractivity contribution is 0.0602. The van der Waals surface area contributed by atoms with Gasteiger partial charge in [-0.1, -0.05) is 27.7 Å². The molecule has 2 heterocycles. The Kier molecular flexibility index (Phi) is 5.56. The summed E-state index contributed by atoms with van der Waals surface area (Å²) in [6.07, 6.45) is 1.29. The Bertz CT molecular complexity index is 315. The Morgan fingerprint density at radius 1 is 1.35 bits per heavy atom. The summed E-state index contributed by atoms with van der Waals surface area (Å²) in [6, 6.07) is 3.24. The summed E-state index contributed by atoms with van der Waals surface area (Å²) < 4.78 is 12.6. The van der Waals surface area contributed by atoms with Gasteiger partial charge < -0.3 is 0 Å². The second-order valence-corrected chi connectivity index (χ2v) is 4.67. The first-order chi connectivity index (χ1) is 8.15. The van der Waals surface area contributed by atoms with Crippen molar-refractivity contribution in [1.29, 1.82) is 0 Å². The maximum atomic E-state index is 12.6. The molecule has 0 saturated carbocycles. The zero-order chi connectivity index (χ0) is 12.8. The van der Waals surface area contributed by atoms with Gasteiger partial charge in [0.15, 0.2) is 0 Å². The van der Waals surface area contributed by atoms with Crippen molar-refractivity contribution in [3.63, 3.8) is 0 Å². The molecule has 0 atom stereocenters.